The van der Waals surface area contributed by atoms with Crippen LogP contribution in [0.2, 0.25) is 0 Å². The van der Waals surface area contributed by atoms with Gasteiger partial charge in [-0.2, -0.15) is 5.10 Å². The maximum atomic E-state index is 12.5. The molecule has 2 N–H and O–H groups in total. The quantitative estimate of drug-likeness (QED) is 0.398. The molecule has 3 aromatic carbocycles. The number of rotatable bonds is 6. The Morgan fingerprint density at radius 3 is 2.69 bits per heavy atom. The number of benzene rings is 3. The number of H-pyrrole nitrogens is 1. The Morgan fingerprint density at radius 2 is 1.91 bits per heavy atom. The standard InChI is InChI=1S/C23H16BrN3O5/c24-18-11-14(8-9-20(18)32-13-15-4-3-5-16(10-15)22(29)30)12-25-27-21(28)17-6-1-2-7-19(17)26-23(27)31/h1-12H,13H2,(H,26,31)(H,29,30). The summed E-state index contributed by atoms with van der Waals surface area (Å²) in [5.41, 5.74) is 0.854. The van der Waals surface area contributed by atoms with Crippen LogP contribution in [0.25, 0.3) is 10.9 Å². The molecule has 0 unspecified atom stereocenters. The zero-order valence-electron chi connectivity index (χ0n) is 16.5. The van der Waals surface area contributed by atoms with E-state index in [9.17, 15) is 14.4 Å². The monoisotopic (exact) mass is 493 g/mol. The van der Waals surface area contributed by atoms with Gasteiger partial charge in [0.25, 0.3) is 5.56 Å². The fraction of sp³-hybridized carbons (Fsp3) is 0.0435. The number of aromatic carboxylic acids is 1. The molecule has 32 heavy (non-hydrogen) atoms. The second kappa shape index (κ2) is 9.03. The molecule has 1 heterocycles. The second-order valence-corrected chi connectivity index (χ2v) is 7.68. The summed E-state index contributed by atoms with van der Waals surface area (Å²) in [7, 11) is 0. The molecule has 0 spiro atoms. The van der Waals surface area contributed by atoms with Crippen LogP contribution in [0, 0.1) is 0 Å². The normalized spacial score (nSPS) is 11.2. The molecule has 8 nitrogen and oxygen atoms in total. The zero-order valence-corrected chi connectivity index (χ0v) is 18.1. The van der Waals surface area contributed by atoms with E-state index in [1.807, 2.05) is 0 Å². The molecule has 4 aromatic rings. The van der Waals surface area contributed by atoms with Crippen LogP contribution in [0.1, 0.15) is 21.5 Å². The third-order valence-electron chi connectivity index (χ3n) is 4.63. The van der Waals surface area contributed by atoms with Gasteiger partial charge in [-0.25, -0.2) is 9.59 Å². The average molecular weight is 494 g/mol. The minimum atomic E-state index is -0.999. The first-order chi connectivity index (χ1) is 15.4. The van der Waals surface area contributed by atoms with Gasteiger partial charge >= 0.3 is 11.7 Å². The Balaban J connectivity index is 1.53. The molecular weight excluding hydrogens is 478 g/mol. The van der Waals surface area contributed by atoms with Crippen LogP contribution in [-0.2, 0) is 6.61 Å². The van der Waals surface area contributed by atoms with E-state index in [2.05, 4.69) is 26.0 Å². The summed E-state index contributed by atoms with van der Waals surface area (Å²) in [6.07, 6.45) is 1.40. The summed E-state index contributed by atoms with van der Waals surface area (Å²) in [6.45, 7) is 0.189. The number of carboxylic acid groups (broad SMARTS) is 1. The highest BCUT2D eigenvalue weighted by Crippen LogP contribution is 2.26. The van der Waals surface area contributed by atoms with Gasteiger partial charge in [0, 0.05) is 0 Å². The number of carboxylic acids is 1. The first-order valence-electron chi connectivity index (χ1n) is 9.45. The molecule has 160 valence electrons. The number of carbonyl (C=O) groups is 1. The molecule has 0 atom stereocenters. The number of hydrogen-bond donors (Lipinski definition) is 2. The summed E-state index contributed by atoms with van der Waals surface area (Å²) in [6, 6.07) is 18.4. The van der Waals surface area contributed by atoms with E-state index in [0.717, 1.165) is 10.2 Å². The van der Waals surface area contributed by atoms with Gasteiger partial charge in [0.05, 0.1) is 27.2 Å². The maximum absolute atomic E-state index is 12.5. The van der Waals surface area contributed by atoms with E-state index in [-0.39, 0.29) is 12.2 Å². The molecule has 0 saturated carbocycles. The van der Waals surface area contributed by atoms with Crippen molar-refractivity contribution in [1.82, 2.24) is 9.66 Å². The molecule has 0 saturated heterocycles. The van der Waals surface area contributed by atoms with Crippen molar-refractivity contribution < 1.29 is 14.6 Å². The molecule has 0 fully saturated rings. The van der Waals surface area contributed by atoms with E-state index in [4.69, 9.17) is 9.84 Å². The fourth-order valence-electron chi connectivity index (χ4n) is 3.05. The van der Waals surface area contributed by atoms with Gasteiger partial charge in [0.2, 0.25) is 0 Å². The molecule has 0 aliphatic carbocycles. The third kappa shape index (κ3) is 4.52. The molecule has 1 aromatic heterocycles. The molecule has 0 bridgehead atoms. The van der Waals surface area contributed by atoms with Gasteiger partial charge in [0.15, 0.2) is 0 Å². The van der Waals surface area contributed by atoms with Crippen LogP contribution in [0.3, 0.4) is 0 Å². The molecule has 9 heteroatoms. The van der Waals surface area contributed by atoms with Crippen LogP contribution < -0.4 is 16.0 Å². The number of fused-ring (bicyclic) bond motifs is 1. The van der Waals surface area contributed by atoms with Crippen molar-refractivity contribution >= 4 is 39.0 Å². The third-order valence-corrected chi connectivity index (χ3v) is 5.25. The summed E-state index contributed by atoms with van der Waals surface area (Å²) >= 11 is 3.43. The van der Waals surface area contributed by atoms with Crippen molar-refractivity contribution in [3.63, 3.8) is 0 Å². The number of ether oxygens (including phenoxy) is 1. The van der Waals surface area contributed by atoms with Gasteiger partial charge in [0.1, 0.15) is 12.4 Å². The lowest BCUT2D eigenvalue weighted by Crippen LogP contribution is -2.32. The van der Waals surface area contributed by atoms with Crippen molar-refractivity contribution in [2.75, 3.05) is 0 Å². The molecule has 0 amide bonds. The van der Waals surface area contributed by atoms with Crippen molar-refractivity contribution in [2.45, 2.75) is 6.61 Å². The Bertz CT molecular complexity index is 1470. The zero-order chi connectivity index (χ0) is 22.7. The highest BCUT2D eigenvalue weighted by Gasteiger charge is 2.08. The van der Waals surface area contributed by atoms with Crippen LogP contribution in [0.4, 0.5) is 0 Å². The largest absolute Gasteiger partial charge is 0.488 e. The predicted octanol–water partition coefficient (Wildman–Crippen LogP) is 3.61. The Labute approximate surface area is 189 Å². The van der Waals surface area contributed by atoms with Crippen LogP contribution in [0.15, 0.2) is 85.9 Å². The minimum absolute atomic E-state index is 0.189. The fourth-order valence-corrected chi connectivity index (χ4v) is 3.56. The lowest BCUT2D eigenvalue weighted by Gasteiger charge is -2.09. The number of nitrogens with zero attached hydrogens (tertiary/aromatic N) is 2. The molecule has 0 aliphatic rings. The summed E-state index contributed by atoms with van der Waals surface area (Å²) in [5.74, 6) is -0.454. The van der Waals surface area contributed by atoms with Crippen LogP contribution in [0.5, 0.6) is 5.75 Å². The summed E-state index contributed by atoms with van der Waals surface area (Å²) in [4.78, 5) is 38.5. The van der Waals surface area contributed by atoms with Gasteiger partial charge in [-0.15, -0.1) is 4.68 Å². The Morgan fingerprint density at radius 1 is 1.09 bits per heavy atom. The molecular formula is C23H16BrN3O5. The number of halogens is 1. The second-order valence-electron chi connectivity index (χ2n) is 6.82. The number of hydrogen-bond acceptors (Lipinski definition) is 5. The van der Waals surface area contributed by atoms with E-state index < -0.39 is 17.2 Å². The SMILES string of the molecule is O=C(O)c1cccc(COc2ccc(C=Nn3c(=O)[nH]c4ccccc4c3=O)cc2Br)c1. The first kappa shape index (κ1) is 21.3. The lowest BCUT2D eigenvalue weighted by atomic mass is 10.1. The van der Waals surface area contributed by atoms with Crippen LogP contribution >= 0.6 is 15.9 Å². The van der Waals surface area contributed by atoms with Gasteiger partial charge in [-0.3, -0.25) is 4.79 Å². The van der Waals surface area contributed by atoms with Crippen molar-refractivity contribution in [3.8, 4) is 5.75 Å². The number of para-hydroxylation sites is 1. The first-order valence-corrected chi connectivity index (χ1v) is 10.2. The van der Waals surface area contributed by atoms with Crippen LogP contribution in [-0.4, -0.2) is 27.0 Å². The molecule has 0 radical (unpaired) electrons. The topological polar surface area (TPSA) is 114 Å². The van der Waals surface area contributed by atoms with E-state index >= 15 is 0 Å². The van der Waals surface area contributed by atoms with Crippen molar-refractivity contribution in [2.24, 2.45) is 5.10 Å². The summed E-state index contributed by atoms with van der Waals surface area (Å²) < 4.78 is 7.18. The average Bonchev–Trinajstić information content (AvgIpc) is 2.78. The lowest BCUT2D eigenvalue weighted by molar-refractivity contribution is 0.0696. The minimum Gasteiger partial charge on any atom is -0.488 e. The molecule has 4 rings (SSSR count). The van der Waals surface area contributed by atoms with Crippen molar-refractivity contribution in [1.29, 1.82) is 0 Å². The maximum Gasteiger partial charge on any atom is 0.349 e. The highest BCUT2D eigenvalue weighted by molar-refractivity contribution is 9.10. The smallest absolute Gasteiger partial charge is 0.349 e. The Hall–Kier alpha value is -3.98. The highest BCUT2D eigenvalue weighted by atomic mass is 79.9. The molecule has 0 aliphatic heterocycles. The number of nitrogens with one attached hydrogen (secondary N) is 1. The summed E-state index contributed by atoms with van der Waals surface area (Å²) in [5, 5.41) is 13.5. The number of aromatic amines is 1. The van der Waals surface area contributed by atoms with E-state index in [1.54, 1.807) is 60.7 Å². The number of aromatic nitrogens is 2. The van der Waals surface area contributed by atoms with Gasteiger partial charge < -0.3 is 14.8 Å². The van der Waals surface area contributed by atoms with Gasteiger partial charge in [-0.05, 0) is 69.5 Å². The predicted molar refractivity (Wildman–Crippen MR) is 124 cm³/mol. The van der Waals surface area contributed by atoms with E-state index in [0.29, 0.717) is 26.7 Å². The van der Waals surface area contributed by atoms with Crippen molar-refractivity contribution in [3.05, 3.63) is 109 Å². The Kier molecular flexibility index (Phi) is 6.00. The van der Waals surface area contributed by atoms with Gasteiger partial charge in [-0.1, -0.05) is 24.3 Å². The van der Waals surface area contributed by atoms with E-state index in [1.165, 1.54) is 12.3 Å².